The van der Waals surface area contributed by atoms with Crippen molar-refractivity contribution in [3.05, 3.63) is 72.8 Å². The molecular formula is C18H18Cl3N6O3P3. The third-order valence-electron chi connectivity index (χ3n) is 4.33. The topological polar surface area (TPSA) is 125 Å². The molecule has 0 radical (unpaired) electrons. The van der Waals surface area contributed by atoms with Gasteiger partial charge in [0.25, 0.3) is 0 Å². The molecule has 0 saturated heterocycles. The molecule has 0 saturated carbocycles. The maximum absolute atomic E-state index is 6.81. The number of benzene rings is 3. The van der Waals surface area contributed by atoms with Gasteiger partial charge in [-0.3, -0.25) is 0 Å². The molecule has 1 atom stereocenters. The fourth-order valence-corrected chi connectivity index (χ4v) is 12.0. The predicted octanol–water partition coefficient (Wildman–Crippen LogP) is 7.53. The Hall–Kier alpha value is -1.79. The van der Waals surface area contributed by atoms with Crippen LogP contribution in [-0.4, -0.2) is 7.92 Å². The van der Waals surface area contributed by atoms with Gasteiger partial charge in [-0.1, -0.05) is 0 Å². The third-order valence-corrected chi connectivity index (χ3v) is 14.6. The summed E-state index contributed by atoms with van der Waals surface area (Å²) in [6.45, 7) is 0. The summed E-state index contributed by atoms with van der Waals surface area (Å²) in [6.07, 6.45) is 0. The summed E-state index contributed by atoms with van der Waals surface area (Å²) in [5.41, 5.74) is 19.4. The number of nitrogens with two attached hydrogens (primary N) is 3. The molecule has 0 spiro atoms. The summed E-state index contributed by atoms with van der Waals surface area (Å²) >= 11 is 19.6. The summed E-state index contributed by atoms with van der Waals surface area (Å²) in [5.74, 6) is 0.602. The summed E-state index contributed by atoms with van der Waals surface area (Å²) in [4.78, 5) is 0. The minimum absolute atomic E-state index is 0.165. The van der Waals surface area contributed by atoms with Gasteiger partial charge in [0.1, 0.15) is 0 Å². The molecule has 6 N–H and O–H groups in total. The van der Waals surface area contributed by atoms with Crippen LogP contribution in [0, 0.1) is 0 Å². The van der Waals surface area contributed by atoms with Crippen molar-refractivity contribution in [3.8, 4) is 17.2 Å². The molecule has 4 rings (SSSR count). The van der Waals surface area contributed by atoms with E-state index in [2.05, 4.69) is 4.52 Å². The van der Waals surface area contributed by atoms with Crippen molar-refractivity contribution >= 4 is 75.5 Å². The van der Waals surface area contributed by atoms with E-state index in [0.29, 0.717) is 17.1 Å². The van der Waals surface area contributed by atoms with Crippen LogP contribution in [0.2, 0.25) is 0 Å². The van der Waals surface area contributed by atoms with Crippen molar-refractivity contribution in [1.82, 2.24) is 7.92 Å². The zero-order valence-corrected chi connectivity index (χ0v) is 21.7. The average Bonchev–Trinajstić information content (AvgIpc) is 2.80. The third kappa shape index (κ3) is 4.61. The normalized spacial score (nSPS) is 21.4. The molecule has 33 heavy (non-hydrogen) atoms. The minimum atomic E-state index is -5.03. The molecule has 0 amide bonds. The molecule has 3 aromatic carbocycles. The van der Waals surface area contributed by atoms with Crippen molar-refractivity contribution in [1.29, 1.82) is 0 Å². The number of para-hydroxylation sites is 6. The molecule has 9 nitrogen and oxygen atoms in total. The molecule has 0 aromatic heterocycles. The van der Waals surface area contributed by atoms with E-state index >= 15 is 0 Å². The van der Waals surface area contributed by atoms with Gasteiger partial charge in [-0.25, -0.2) is 0 Å². The van der Waals surface area contributed by atoms with Gasteiger partial charge in [-0.2, -0.15) is 0 Å². The van der Waals surface area contributed by atoms with Crippen LogP contribution in [0.15, 0.2) is 77.3 Å². The summed E-state index contributed by atoms with van der Waals surface area (Å²) < 4.78 is 26.1. The zero-order valence-electron chi connectivity index (χ0n) is 16.7. The van der Waals surface area contributed by atoms with Crippen LogP contribution in [0.25, 0.3) is 0 Å². The monoisotopic (exact) mass is 564 g/mol. The number of rotatable bonds is 6. The van der Waals surface area contributed by atoms with Crippen LogP contribution in [-0.2, 0) is 0 Å². The molecule has 174 valence electrons. The molecule has 0 fully saturated rings. The molecule has 1 aliphatic rings. The summed E-state index contributed by atoms with van der Waals surface area (Å²) in [5, 5.41) is 0. The van der Waals surface area contributed by atoms with Crippen LogP contribution in [0.4, 0.5) is 17.1 Å². The van der Waals surface area contributed by atoms with E-state index in [1.165, 1.54) is 3.96 Å². The van der Waals surface area contributed by atoms with Crippen LogP contribution >= 0.6 is 58.5 Å². The van der Waals surface area contributed by atoms with Crippen molar-refractivity contribution in [2.24, 2.45) is 4.52 Å². The second-order valence-corrected chi connectivity index (χ2v) is 14.9. The fraction of sp³-hybridized carbons (Fsp3) is 0. The number of halogens is 3. The van der Waals surface area contributed by atoms with Crippen LogP contribution in [0.3, 0.4) is 0 Å². The van der Waals surface area contributed by atoms with Gasteiger partial charge in [0, 0.05) is 0 Å². The first kappa shape index (κ1) is 24.3. The number of hydrogen-bond donors (Lipinski definition) is 3. The second-order valence-electron chi connectivity index (χ2n) is 6.59. The van der Waals surface area contributed by atoms with Crippen LogP contribution in [0.5, 0.6) is 17.2 Å². The van der Waals surface area contributed by atoms with Crippen molar-refractivity contribution < 1.29 is 13.6 Å². The van der Waals surface area contributed by atoms with E-state index in [-0.39, 0.29) is 25.8 Å². The zero-order chi connectivity index (χ0) is 23.7. The molecule has 3 aromatic rings. The van der Waals surface area contributed by atoms with Crippen molar-refractivity contribution in [2.45, 2.75) is 0 Å². The van der Waals surface area contributed by atoms with Crippen molar-refractivity contribution in [3.63, 3.8) is 0 Å². The molecular weight excluding hydrogens is 548 g/mol. The fourth-order valence-electron chi connectivity index (χ4n) is 2.76. The molecule has 15 heteroatoms. The van der Waals surface area contributed by atoms with E-state index in [9.17, 15) is 0 Å². The first-order chi connectivity index (χ1) is 15.7. The Kier molecular flexibility index (Phi) is 6.97. The predicted molar refractivity (Wildman–Crippen MR) is 139 cm³/mol. The Morgan fingerprint density at radius 3 is 1.45 bits per heavy atom. The average molecular weight is 566 g/mol. The second kappa shape index (κ2) is 9.46. The standard InChI is InChI=1S/C18H18Cl3N6O3P3/c19-26-31-25-33(27(20)32(26)21,28-16-10-4-1-7-13(16)22,29-17-11-5-2-8-14(17)23)30-18-12-6-3-9-15(18)24/h1-12H,22-24H2. The quantitative estimate of drug-likeness (QED) is 0.159. The first-order valence-electron chi connectivity index (χ1n) is 9.22. The summed E-state index contributed by atoms with van der Waals surface area (Å²) in [7, 11) is -6.81. The number of nitrogen functional groups attached to an aromatic ring is 3. The Balaban J connectivity index is 2.00. The van der Waals surface area contributed by atoms with E-state index in [0.717, 1.165) is 3.96 Å². The van der Waals surface area contributed by atoms with E-state index in [4.69, 9.17) is 65.6 Å². The molecule has 0 bridgehead atoms. The number of nitrogens with zero attached hydrogens (tertiary/aromatic N) is 3. The van der Waals surface area contributed by atoms with Crippen molar-refractivity contribution in [2.75, 3.05) is 17.2 Å². The molecule has 1 heterocycles. The maximum atomic E-state index is 6.81. The number of hydrogen-bond acceptors (Lipinski definition) is 9. The van der Waals surface area contributed by atoms with Gasteiger partial charge >= 0.3 is 209 Å². The summed E-state index contributed by atoms with van der Waals surface area (Å²) in [6, 6.07) is 20.2. The molecule has 0 aliphatic carbocycles. The molecule has 1 aliphatic heterocycles. The van der Waals surface area contributed by atoms with Crippen LogP contribution in [0.1, 0.15) is 0 Å². The Morgan fingerprint density at radius 1 is 0.727 bits per heavy atom. The van der Waals surface area contributed by atoms with E-state index in [1.807, 2.05) is 0 Å². The van der Waals surface area contributed by atoms with Gasteiger partial charge < -0.3 is 0 Å². The van der Waals surface area contributed by atoms with E-state index in [1.54, 1.807) is 72.8 Å². The molecule has 1 unspecified atom stereocenters. The van der Waals surface area contributed by atoms with Crippen LogP contribution < -0.4 is 30.8 Å². The SMILES string of the molecule is Nc1ccccc1OP1(Oc2ccccc2N)(Oc2ccccc2N)N=PN(Cl)P(Cl)N1Cl. The Labute approximate surface area is 208 Å². The van der Waals surface area contributed by atoms with Gasteiger partial charge in [-0.05, 0) is 0 Å². The Bertz CT molecular complexity index is 1090. The Morgan fingerprint density at radius 2 is 1.09 bits per heavy atom. The van der Waals surface area contributed by atoms with Gasteiger partial charge in [-0.15, -0.1) is 0 Å². The van der Waals surface area contributed by atoms with Gasteiger partial charge in [0.2, 0.25) is 0 Å². The number of anilines is 3. The first-order valence-corrected chi connectivity index (χ1v) is 14.7. The van der Waals surface area contributed by atoms with E-state index < -0.39 is 15.2 Å². The van der Waals surface area contributed by atoms with Gasteiger partial charge in [0.05, 0.1) is 0 Å². The van der Waals surface area contributed by atoms with Gasteiger partial charge in [0.15, 0.2) is 0 Å².